The smallest absolute Gasteiger partial charge is 0.270 e. The van der Waals surface area contributed by atoms with E-state index in [1.807, 2.05) is 6.92 Å². The van der Waals surface area contributed by atoms with Crippen molar-refractivity contribution in [2.24, 2.45) is 5.14 Å². The molecule has 0 spiro atoms. The molecule has 0 amide bonds. The second kappa shape index (κ2) is 8.32. The number of nitrogens with two attached hydrogens (primary N) is 1. The molecule has 0 aliphatic carbocycles. The van der Waals surface area contributed by atoms with Gasteiger partial charge in [0.1, 0.15) is 4.90 Å². The van der Waals surface area contributed by atoms with Crippen molar-refractivity contribution in [3.8, 4) is 0 Å². The first-order valence-corrected chi connectivity index (χ1v) is 10.2. The number of nitro benzene ring substituents is 1. The largest absolute Gasteiger partial charge is 0.383 e. The summed E-state index contributed by atoms with van der Waals surface area (Å²) in [5.41, 5.74) is 2.38. The number of benzene rings is 2. The Kier molecular flexibility index (Phi) is 6.40. The van der Waals surface area contributed by atoms with Gasteiger partial charge in [-0.15, -0.1) is 0 Å². The van der Waals surface area contributed by atoms with Gasteiger partial charge in [-0.25, -0.2) is 13.6 Å². The SMILES string of the molecule is Cc1ccc(CSCCNc2ccc([N+](=O)[O-])cc2S(N)(=O)=O)cc1. The van der Waals surface area contributed by atoms with Crippen molar-refractivity contribution >= 4 is 33.2 Å². The molecule has 0 fully saturated rings. The zero-order chi connectivity index (χ0) is 18.4. The van der Waals surface area contributed by atoms with Gasteiger partial charge in [0, 0.05) is 30.2 Å². The molecule has 0 radical (unpaired) electrons. The molecule has 0 aliphatic heterocycles. The number of hydrogen-bond donors (Lipinski definition) is 2. The molecule has 25 heavy (non-hydrogen) atoms. The van der Waals surface area contributed by atoms with Crippen molar-refractivity contribution < 1.29 is 13.3 Å². The molecular formula is C16H19N3O4S2. The number of nitro groups is 1. The highest BCUT2D eigenvalue weighted by molar-refractivity contribution is 7.98. The molecule has 2 rings (SSSR count). The van der Waals surface area contributed by atoms with E-state index in [4.69, 9.17) is 5.14 Å². The van der Waals surface area contributed by atoms with Crippen molar-refractivity contribution in [3.63, 3.8) is 0 Å². The summed E-state index contributed by atoms with van der Waals surface area (Å²) in [5, 5.41) is 18.9. The lowest BCUT2D eigenvalue weighted by atomic mass is 10.2. The molecule has 0 aromatic heterocycles. The van der Waals surface area contributed by atoms with Crippen LogP contribution in [0.15, 0.2) is 47.4 Å². The summed E-state index contributed by atoms with van der Waals surface area (Å²) in [4.78, 5) is 9.86. The zero-order valence-electron chi connectivity index (χ0n) is 13.6. The fourth-order valence-electron chi connectivity index (χ4n) is 2.14. The molecule has 0 aliphatic rings. The van der Waals surface area contributed by atoms with E-state index in [0.29, 0.717) is 6.54 Å². The predicted octanol–water partition coefficient (Wildman–Crippen LogP) is 2.90. The Morgan fingerprint density at radius 3 is 2.48 bits per heavy atom. The molecule has 134 valence electrons. The Labute approximate surface area is 150 Å². The number of anilines is 1. The third-order valence-corrected chi connectivity index (χ3v) is 5.41. The van der Waals surface area contributed by atoms with E-state index in [2.05, 4.69) is 29.6 Å². The van der Waals surface area contributed by atoms with Crippen molar-refractivity contribution in [2.75, 3.05) is 17.6 Å². The summed E-state index contributed by atoms with van der Waals surface area (Å²) in [6, 6.07) is 11.8. The Hall–Kier alpha value is -2.10. The third-order valence-electron chi connectivity index (χ3n) is 3.43. The van der Waals surface area contributed by atoms with Crippen LogP contribution in [0, 0.1) is 17.0 Å². The highest BCUT2D eigenvalue weighted by Crippen LogP contribution is 2.25. The molecule has 0 unspecified atom stereocenters. The summed E-state index contributed by atoms with van der Waals surface area (Å²) in [6.07, 6.45) is 0. The van der Waals surface area contributed by atoms with E-state index in [1.54, 1.807) is 11.8 Å². The summed E-state index contributed by atoms with van der Waals surface area (Å²) in [5.74, 6) is 1.60. The maximum absolute atomic E-state index is 11.6. The van der Waals surface area contributed by atoms with Crippen molar-refractivity contribution in [1.29, 1.82) is 0 Å². The van der Waals surface area contributed by atoms with E-state index in [0.717, 1.165) is 17.6 Å². The Bertz CT molecular complexity index is 852. The first-order valence-electron chi connectivity index (χ1n) is 7.46. The van der Waals surface area contributed by atoms with Crippen molar-refractivity contribution in [2.45, 2.75) is 17.6 Å². The number of sulfonamides is 1. The van der Waals surface area contributed by atoms with Crippen LogP contribution in [0.3, 0.4) is 0 Å². The Balaban J connectivity index is 1.94. The minimum absolute atomic E-state index is 0.268. The monoisotopic (exact) mass is 381 g/mol. The highest BCUT2D eigenvalue weighted by Gasteiger charge is 2.18. The lowest BCUT2D eigenvalue weighted by Gasteiger charge is -2.10. The van der Waals surface area contributed by atoms with E-state index in [1.165, 1.54) is 23.3 Å². The molecule has 0 heterocycles. The number of rotatable bonds is 8. The van der Waals surface area contributed by atoms with Crippen LogP contribution in [0.25, 0.3) is 0 Å². The number of thioether (sulfide) groups is 1. The fourth-order valence-corrected chi connectivity index (χ4v) is 3.69. The van der Waals surface area contributed by atoms with Gasteiger partial charge in [-0.3, -0.25) is 10.1 Å². The van der Waals surface area contributed by atoms with E-state index in [-0.39, 0.29) is 16.3 Å². The first-order chi connectivity index (χ1) is 11.8. The fraction of sp³-hybridized carbons (Fsp3) is 0.250. The first kappa shape index (κ1) is 19.2. The summed E-state index contributed by atoms with van der Waals surface area (Å²) in [7, 11) is -4.05. The topological polar surface area (TPSA) is 115 Å². The second-order valence-corrected chi connectivity index (χ2v) is 8.08. The molecule has 7 nitrogen and oxygen atoms in total. The number of non-ortho nitro benzene ring substituents is 1. The quantitative estimate of drug-likeness (QED) is 0.413. The van der Waals surface area contributed by atoms with Gasteiger partial charge in [-0.2, -0.15) is 11.8 Å². The van der Waals surface area contributed by atoms with Crippen LogP contribution in [0.1, 0.15) is 11.1 Å². The summed E-state index contributed by atoms with van der Waals surface area (Å²) in [6.45, 7) is 2.55. The van der Waals surface area contributed by atoms with E-state index >= 15 is 0 Å². The molecule has 9 heteroatoms. The molecule has 2 aromatic rings. The molecular weight excluding hydrogens is 362 g/mol. The van der Waals surface area contributed by atoms with Gasteiger partial charge in [-0.1, -0.05) is 29.8 Å². The van der Waals surface area contributed by atoms with Crippen LogP contribution in [0.4, 0.5) is 11.4 Å². The normalized spacial score (nSPS) is 11.3. The predicted molar refractivity (Wildman–Crippen MR) is 100 cm³/mol. The number of hydrogen-bond acceptors (Lipinski definition) is 6. The summed E-state index contributed by atoms with van der Waals surface area (Å²) >= 11 is 1.70. The van der Waals surface area contributed by atoms with Gasteiger partial charge < -0.3 is 5.32 Å². The zero-order valence-corrected chi connectivity index (χ0v) is 15.3. The van der Waals surface area contributed by atoms with Gasteiger partial charge in [-0.05, 0) is 18.6 Å². The maximum Gasteiger partial charge on any atom is 0.270 e. The van der Waals surface area contributed by atoms with Crippen LogP contribution in [0.5, 0.6) is 0 Å². The summed E-state index contributed by atoms with van der Waals surface area (Å²) < 4.78 is 23.3. The number of nitrogens with zero attached hydrogens (tertiary/aromatic N) is 1. The minimum atomic E-state index is -4.05. The van der Waals surface area contributed by atoms with Gasteiger partial charge in [0.2, 0.25) is 10.0 Å². The number of nitrogens with one attached hydrogen (secondary N) is 1. The Morgan fingerprint density at radius 1 is 1.20 bits per heavy atom. The van der Waals surface area contributed by atoms with Crippen LogP contribution in [-0.2, 0) is 15.8 Å². The van der Waals surface area contributed by atoms with Gasteiger partial charge in [0.15, 0.2) is 0 Å². The van der Waals surface area contributed by atoms with Gasteiger partial charge in [0.05, 0.1) is 10.6 Å². The van der Waals surface area contributed by atoms with Gasteiger partial charge >= 0.3 is 0 Å². The van der Waals surface area contributed by atoms with Crippen molar-refractivity contribution in [1.82, 2.24) is 0 Å². The van der Waals surface area contributed by atoms with Crippen LogP contribution >= 0.6 is 11.8 Å². The lowest BCUT2D eigenvalue weighted by molar-refractivity contribution is -0.385. The van der Waals surface area contributed by atoms with Crippen LogP contribution in [0.2, 0.25) is 0 Å². The van der Waals surface area contributed by atoms with Gasteiger partial charge in [0.25, 0.3) is 5.69 Å². The lowest BCUT2D eigenvalue weighted by Crippen LogP contribution is -2.16. The average Bonchev–Trinajstić information content (AvgIpc) is 2.55. The highest BCUT2D eigenvalue weighted by atomic mass is 32.2. The average molecular weight is 381 g/mol. The molecule has 0 saturated carbocycles. The molecule has 0 bridgehead atoms. The van der Waals surface area contributed by atoms with E-state index in [9.17, 15) is 18.5 Å². The minimum Gasteiger partial charge on any atom is -0.383 e. The third kappa shape index (κ3) is 5.73. The van der Waals surface area contributed by atoms with Crippen molar-refractivity contribution in [3.05, 3.63) is 63.7 Å². The van der Waals surface area contributed by atoms with Crippen LogP contribution < -0.4 is 10.5 Å². The molecule has 0 atom stereocenters. The molecule has 2 aromatic carbocycles. The van der Waals surface area contributed by atoms with Crippen LogP contribution in [-0.4, -0.2) is 25.6 Å². The van der Waals surface area contributed by atoms with E-state index < -0.39 is 14.9 Å². The standard InChI is InChI=1S/C16H19N3O4S2/c1-12-2-4-13(5-3-12)11-24-9-8-18-15-7-6-14(19(20)21)10-16(15)25(17,22)23/h2-7,10,18H,8-9,11H2,1H3,(H2,17,22,23). The molecule has 3 N–H and O–H groups in total. The maximum atomic E-state index is 11.6. The molecule has 0 saturated heterocycles. The number of aryl methyl sites for hydroxylation is 1. The second-order valence-electron chi connectivity index (χ2n) is 5.45. The number of primary sulfonamides is 1. The Morgan fingerprint density at radius 2 is 1.88 bits per heavy atom.